The molecule has 0 spiro atoms. The van der Waals surface area contributed by atoms with Crippen LogP contribution in [0.2, 0.25) is 0 Å². The van der Waals surface area contributed by atoms with Crippen LogP contribution in [-0.2, 0) is 0 Å². The Labute approximate surface area is 90.6 Å². The summed E-state index contributed by atoms with van der Waals surface area (Å²) in [5, 5.41) is 3.63. The summed E-state index contributed by atoms with van der Waals surface area (Å²) in [4.78, 5) is 4.74. The van der Waals surface area contributed by atoms with Gasteiger partial charge >= 0.3 is 0 Å². The second kappa shape index (κ2) is 4.01. The molecule has 2 unspecified atom stereocenters. The first-order valence-corrected chi connectivity index (χ1v) is 6.50. The molecule has 2 atom stereocenters. The quantitative estimate of drug-likeness (QED) is 0.712. The SMILES string of the molecule is CC1CCC(c2nc(C(C)C)cs2)C1. The molecule has 0 N–H and O–H groups in total. The zero-order valence-electron chi connectivity index (χ0n) is 9.29. The van der Waals surface area contributed by atoms with Gasteiger partial charge in [-0.25, -0.2) is 4.98 Å². The lowest BCUT2D eigenvalue weighted by Crippen LogP contribution is -1.94. The van der Waals surface area contributed by atoms with E-state index < -0.39 is 0 Å². The van der Waals surface area contributed by atoms with Crippen molar-refractivity contribution in [2.75, 3.05) is 0 Å². The van der Waals surface area contributed by atoms with Crippen LogP contribution in [0.1, 0.15) is 62.6 Å². The minimum absolute atomic E-state index is 0.582. The van der Waals surface area contributed by atoms with Gasteiger partial charge in [0.15, 0.2) is 0 Å². The maximum Gasteiger partial charge on any atom is 0.0959 e. The second-order valence-electron chi connectivity index (χ2n) is 4.88. The summed E-state index contributed by atoms with van der Waals surface area (Å²) >= 11 is 1.87. The highest BCUT2D eigenvalue weighted by Gasteiger charge is 2.25. The first kappa shape index (κ1) is 10.2. The van der Waals surface area contributed by atoms with E-state index in [-0.39, 0.29) is 0 Å². The van der Waals surface area contributed by atoms with Gasteiger partial charge in [0.2, 0.25) is 0 Å². The van der Waals surface area contributed by atoms with Gasteiger partial charge in [-0.05, 0) is 24.7 Å². The molecule has 0 bridgehead atoms. The molecule has 78 valence electrons. The summed E-state index contributed by atoms with van der Waals surface area (Å²) in [5.41, 5.74) is 1.28. The highest BCUT2D eigenvalue weighted by atomic mass is 32.1. The van der Waals surface area contributed by atoms with Crippen LogP contribution in [0.5, 0.6) is 0 Å². The normalized spacial score (nSPS) is 27.4. The summed E-state index contributed by atoms with van der Waals surface area (Å²) < 4.78 is 0. The van der Waals surface area contributed by atoms with Crippen molar-refractivity contribution >= 4 is 11.3 Å². The van der Waals surface area contributed by atoms with Gasteiger partial charge in [-0.1, -0.05) is 27.2 Å². The molecule has 1 aliphatic rings. The third-order valence-corrected chi connectivity index (χ3v) is 4.20. The molecule has 0 aromatic carbocycles. The summed E-state index contributed by atoms with van der Waals surface area (Å²) in [6, 6.07) is 0. The van der Waals surface area contributed by atoms with Crippen LogP contribution in [0.25, 0.3) is 0 Å². The number of hydrogen-bond acceptors (Lipinski definition) is 2. The Hall–Kier alpha value is -0.370. The first-order chi connectivity index (χ1) is 6.66. The third-order valence-electron chi connectivity index (χ3n) is 3.18. The average molecular weight is 209 g/mol. The molecule has 0 aliphatic heterocycles. The molecular formula is C12H19NS. The van der Waals surface area contributed by atoms with Crippen molar-refractivity contribution in [1.29, 1.82) is 0 Å². The first-order valence-electron chi connectivity index (χ1n) is 5.62. The molecule has 1 heterocycles. The Morgan fingerprint density at radius 1 is 1.43 bits per heavy atom. The predicted molar refractivity (Wildman–Crippen MR) is 62.0 cm³/mol. The molecule has 2 rings (SSSR count). The topological polar surface area (TPSA) is 12.9 Å². The maximum absolute atomic E-state index is 4.74. The molecule has 0 radical (unpaired) electrons. The Morgan fingerprint density at radius 2 is 2.21 bits per heavy atom. The van der Waals surface area contributed by atoms with Crippen LogP contribution in [0.3, 0.4) is 0 Å². The Bertz CT molecular complexity index is 303. The molecule has 2 heteroatoms. The molecule has 1 aromatic heterocycles. The van der Waals surface area contributed by atoms with Gasteiger partial charge in [0.1, 0.15) is 0 Å². The summed E-state index contributed by atoms with van der Waals surface area (Å²) in [5.74, 6) is 2.26. The monoisotopic (exact) mass is 209 g/mol. The van der Waals surface area contributed by atoms with Crippen molar-refractivity contribution in [2.45, 2.75) is 51.9 Å². The number of thiazole rings is 1. The van der Waals surface area contributed by atoms with E-state index in [9.17, 15) is 0 Å². The van der Waals surface area contributed by atoms with Crippen LogP contribution in [0.15, 0.2) is 5.38 Å². The van der Waals surface area contributed by atoms with Crippen LogP contribution < -0.4 is 0 Å². The van der Waals surface area contributed by atoms with Gasteiger partial charge in [-0.2, -0.15) is 0 Å². The summed E-state index contributed by atoms with van der Waals surface area (Å²) in [7, 11) is 0. The predicted octanol–water partition coefficient (Wildman–Crippen LogP) is 4.17. The van der Waals surface area contributed by atoms with Gasteiger partial charge < -0.3 is 0 Å². The minimum atomic E-state index is 0.582. The number of nitrogens with zero attached hydrogens (tertiary/aromatic N) is 1. The fourth-order valence-corrected chi connectivity index (χ4v) is 3.32. The second-order valence-corrected chi connectivity index (χ2v) is 5.77. The lowest BCUT2D eigenvalue weighted by Gasteiger charge is -2.04. The standard InChI is InChI=1S/C12H19NS/c1-8(2)11-7-14-12(13-11)10-5-4-9(3)6-10/h7-10H,4-6H2,1-3H3. The number of rotatable bonds is 2. The van der Waals surface area contributed by atoms with E-state index in [2.05, 4.69) is 26.2 Å². The Morgan fingerprint density at radius 3 is 2.71 bits per heavy atom. The Kier molecular flexibility index (Phi) is 2.91. The molecule has 1 aromatic rings. The molecular weight excluding hydrogens is 190 g/mol. The smallest absolute Gasteiger partial charge is 0.0959 e. The van der Waals surface area contributed by atoms with Crippen molar-refractivity contribution in [3.8, 4) is 0 Å². The summed E-state index contributed by atoms with van der Waals surface area (Å²) in [6.07, 6.45) is 4.10. The van der Waals surface area contributed by atoms with Gasteiger partial charge in [-0.15, -0.1) is 11.3 Å². The number of aromatic nitrogens is 1. The lowest BCUT2D eigenvalue weighted by atomic mass is 10.1. The van der Waals surface area contributed by atoms with Crippen molar-refractivity contribution < 1.29 is 0 Å². The van der Waals surface area contributed by atoms with Gasteiger partial charge in [0.25, 0.3) is 0 Å². The van der Waals surface area contributed by atoms with Crippen LogP contribution >= 0.6 is 11.3 Å². The van der Waals surface area contributed by atoms with E-state index in [0.29, 0.717) is 5.92 Å². The summed E-state index contributed by atoms with van der Waals surface area (Å²) in [6.45, 7) is 6.79. The highest BCUT2D eigenvalue weighted by Crippen LogP contribution is 2.39. The molecule has 1 saturated carbocycles. The Balaban J connectivity index is 2.09. The van der Waals surface area contributed by atoms with Crippen LogP contribution in [0.4, 0.5) is 0 Å². The van der Waals surface area contributed by atoms with Crippen LogP contribution in [-0.4, -0.2) is 4.98 Å². The van der Waals surface area contributed by atoms with Crippen molar-refractivity contribution in [1.82, 2.24) is 4.98 Å². The van der Waals surface area contributed by atoms with E-state index in [0.717, 1.165) is 11.8 Å². The molecule has 1 nitrogen and oxygen atoms in total. The fourth-order valence-electron chi connectivity index (χ4n) is 2.18. The van der Waals surface area contributed by atoms with E-state index in [1.54, 1.807) is 0 Å². The molecule has 1 fully saturated rings. The molecule has 0 amide bonds. The minimum Gasteiger partial charge on any atom is -0.246 e. The largest absolute Gasteiger partial charge is 0.246 e. The molecule has 0 saturated heterocycles. The van der Waals surface area contributed by atoms with Crippen molar-refractivity contribution in [3.05, 3.63) is 16.1 Å². The molecule has 14 heavy (non-hydrogen) atoms. The van der Waals surface area contributed by atoms with Gasteiger partial charge in [0, 0.05) is 11.3 Å². The zero-order valence-corrected chi connectivity index (χ0v) is 10.1. The number of hydrogen-bond donors (Lipinski definition) is 0. The maximum atomic E-state index is 4.74. The van der Waals surface area contributed by atoms with Gasteiger partial charge in [0.05, 0.1) is 10.7 Å². The van der Waals surface area contributed by atoms with Crippen molar-refractivity contribution in [2.24, 2.45) is 5.92 Å². The lowest BCUT2D eigenvalue weighted by molar-refractivity contribution is 0.595. The van der Waals surface area contributed by atoms with E-state index in [1.807, 2.05) is 11.3 Å². The third kappa shape index (κ3) is 2.00. The highest BCUT2D eigenvalue weighted by molar-refractivity contribution is 7.09. The van der Waals surface area contributed by atoms with Gasteiger partial charge in [-0.3, -0.25) is 0 Å². The van der Waals surface area contributed by atoms with E-state index in [1.165, 1.54) is 30.0 Å². The zero-order chi connectivity index (χ0) is 10.1. The van der Waals surface area contributed by atoms with Crippen LogP contribution in [0, 0.1) is 5.92 Å². The fraction of sp³-hybridized carbons (Fsp3) is 0.750. The average Bonchev–Trinajstić information content (AvgIpc) is 2.70. The van der Waals surface area contributed by atoms with Crippen molar-refractivity contribution in [3.63, 3.8) is 0 Å². The molecule has 1 aliphatic carbocycles. The van der Waals surface area contributed by atoms with E-state index in [4.69, 9.17) is 4.98 Å². The van der Waals surface area contributed by atoms with E-state index >= 15 is 0 Å².